The Kier molecular flexibility index (Phi) is 4.09. The molecule has 3 atom stereocenters. The van der Waals surface area contributed by atoms with Crippen molar-refractivity contribution in [3.63, 3.8) is 0 Å². The Hall–Kier alpha value is -1.46. The van der Waals surface area contributed by atoms with E-state index in [0.29, 0.717) is 30.8 Å². The van der Waals surface area contributed by atoms with Gasteiger partial charge in [0.1, 0.15) is 5.72 Å². The quantitative estimate of drug-likeness (QED) is 0.853. The molecule has 0 aliphatic carbocycles. The number of pyridine rings is 1. The van der Waals surface area contributed by atoms with Gasteiger partial charge in [-0.25, -0.2) is 0 Å². The SMILES string of the molecule is CC(C)[C@@H]1COC23CCN(Cc4ccncc4)CC2CCC(=O)N13. The molecule has 3 aliphatic heterocycles. The minimum atomic E-state index is -0.334. The average Bonchev–Trinajstić information content (AvgIpc) is 2.98. The number of carbonyl (C=O) groups is 1. The molecule has 0 N–H and O–H groups in total. The van der Waals surface area contributed by atoms with Crippen molar-refractivity contribution < 1.29 is 9.53 Å². The van der Waals surface area contributed by atoms with Crippen LogP contribution in [0.25, 0.3) is 0 Å². The van der Waals surface area contributed by atoms with E-state index in [-0.39, 0.29) is 11.8 Å². The van der Waals surface area contributed by atoms with E-state index in [1.54, 1.807) is 0 Å². The third-order valence-electron chi connectivity index (χ3n) is 6.05. The molecule has 0 bridgehead atoms. The van der Waals surface area contributed by atoms with E-state index >= 15 is 0 Å². The molecule has 0 aromatic carbocycles. The van der Waals surface area contributed by atoms with Crippen molar-refractivity contribution in [2.24, 2.45) is 11.8 Å². The number of nitrogens with zero attached hydrogens (tertiary/aromatic N) is 3. The van der Waals surface area contributed by atoms with Gasteiger partial charge in [-0.05, 0) is 30.0 Å². The monoisotopic (exact) mass is 329 g/mol. The van der Waals surface area contributed by atoms with Crippen LogP contribution in [0.1, 0.15) is 38.7 Å². The van der Waals surface area contributed by atoms with Gasteiger partial charge in [0.05, 0.1) is 12.6 Å². The maximum atomic E-state index is 12.6. The summed E-state index contributed by atoms with van der Waals surface area (Å²) in [6.07, 6.45) is 6.26. The Bertz CT molecular complexity index is 606. The van der Waals surface area contributed by atoms with Crippen LogP contribution in [0, 0.1) is 11.8 Å². The smallest absolute Gasteiger partial charge is 0.225 e. The van der Waals surface area contributed by atoms with E-state index in [2.05, 4.69) is 40.8 Å². The first-order valence-corrected chi connectivity index (χ1v) is 9.17. The number of hydrogen-bond acceptors (Lipinski definition) is 4. The highest BCUT2D eigenvalue weighted by Gasteiger charge is 2.58. The second-order valence-electron chi connectivity index (χ2n) is 7.81. The van der Waals surface area contributed by atoms with Gasteiger partial charge in [0.15, 0.2) is 0 Å². The lowest BCUT2D eigenvalue weighted by molar-refractivity contribution is -0.193. The predicted octanol–water partition coefficient (Wildman–Crippen LogP) is 2.28. The molecule has 5 nitrogen and oxygen atoms in total. The standard InChI is InChI=1S/C19H27N3O2/c1-14(2)17-13-24-19-7-10-21(11-15-5-8-20-9-6-15)12-16(19)3-4-18(23)22(17)19/h5-6,8-9,14,16-17H,3-4,7,10-13H2,1-2H3/t16?,17-,19?/m0/s1. The summed E-state index contributed by atoms with van der Waals surface area (Å²) in [5.74, 6) is 1.17. The first-order valence-electron chi connectivity index (χ1n) is 9.17. The molecule has 4 rings (SSSR count). The molecule has 24 heavy (non-hydrogen) atoms. The summed E-state index contributed by atoms with van der Waals surface area (Å²) in [4.78, 5) is 21.4. The maximum absolute atomic E-state index is 12.6. The van der Waals surface area contributed by atoms with Crippen molar-refractivity contribution in [2.75, 3.05) is 19.7 Å². The van der Waals surface area contributed by atoms with Crippen LogP contribution in [0.2, 0.25) is 0 Å². The molecule has 3 fully saturated rings. The fourth-order valence-corrected chi connectivity index (χ4v) is 4.74. The van der Waals surface area contributed by atoms with Crippen molar-refractivity contribution in [2.45, 2.75) is 51.4 Å². The zero-order chi connectivity index (χ0) is 16.7. The van der Waals surface area contributed by atoms with Crippen molar-refractivity contribution >= 4 is 5.91 Å². The third-order valence-corrected chi connectivity index (χ3v) is 6.05. The van der Waals surface area contributed by atoms with E-state index < -0.39 is 0 Å². The highest BCUT2D eigenvalue weighted by atomic mass is 16.5. The van der Waals surface area contributed by atoms with Crippen LogP contribution in [-0.4, -0.2) is 52.2 Å². The van der Waals surface area contributed by atoms with Crippen molar-refractivity contribution in [1.82, 2.24) is 14.8 Å². The Morgan fingerprint density at radius 2 is 2.17 bits per heavy atom. The fraction of sp³-hybridized carbons (Fsp3) is 0.684. The number of amides is 1. The topological polar surface area (TPSA) is 45.7 Å². The third kappa shape index (κ3) is 2.54. The van der Waals surface area contributed by atoms with Crippen molar-refractivity contribution in [3.8, 4) is 0 Å². The molecule has 1 aromatic rings. The Labute approximate surface area is 144 Å². The first kappa shape index (κ1) is 16.0. The molecule has 2 unspecified atom stereocenters. The number of aromatic nitrogens is 1. The van der Waals surface area contributed by atoms with Gasteiger partial charge < -0.3 is 9.64 Å². The fourth-order valence-electron chi connectivity index (χ4n) is 4.74. The van der Waals surface area contributed by atoms with E-state index in [1.807, 2.05) is 12.4 Å². The number of ether oxygens (including phenoxy) is 1. The van der Waals surface area contributed by atoms with Crippen molar-refractivity contribution in [1.29, 1.82) is 0 Å². The Balaban J connectivity index is 1.52. The van der Waals surface area contributed by atoms with Crippen LogP contribution in [0.5, 0.6) is 0 Å². The van der Waals surface area contributed by atoms with E-state index in [9.17, 15) is 4.79 Å². The molecule has 1 spiro atoms. The molecule has 0 saturated carbocycles. The van der Waals surface area contributed by atoms with Gasteiger partial charge in [0, 0.05) is 50.8 Å². The molecular weight excluding hydrogens is 302 g/mol. The molecule has 1 aromatic heterocycles. The van der Waals surface area contributed by atoms with E-state index in [4.69, 9.17) is 4.74 Å². The molecule has 0 radical (unpaired) electrons. The first-order chi connectivity index (χ1) is 11.6. The Morgan fingerprint density at radius 1 is 1.38 bits per heavy atom. The largest absolute Gasteiger partial charge is 0.353 e. The summed E-state index contributed by atoms with van der Waals surface area (Å²) >= 11 is 0. The average molecular weight is 329 g/mol. The summed E-state index contributed by atoms with van der Waals surface area (Å²) in [7, 11) is 0. The molecular formula is C19H27N3O2. The molecule has 3 saturated heterocycles. The molecule has 130 valence electrons. The van der Waals surface area contributed by atoms with Gasteiger partial charge in [-0.3, -0.25) is 14.7 Å². The van der Waals surface area contributed by atoms with Crippen molar-refractivity contribution in [3.05, 3.63) is 30.1 Å². The highest BCUT2D eigenvalue weighted by molar-refractivity contribution is 5.78. The molecule has 3 aliphatic rings. The number of rotatable bonds is 3. The lowest BCUT2D eigenvalue weighted by Crippen LogP contribution is -2.65. The second-order valence-corrected chi connectivity index (χ2v) is 7.81. The normalized spacial score (nSPS) is 33.6. The summed E-state index contributed by atoms with van der Waals surface area (Å²) < 4.78 is 6.36. The van der Waals surface area contributed by atoms with Crippen LogP contribution in [0.3, 0.4) is 0 Å². The van der Waals surface area contributed by atoms with E-state index in [1.165, 1.54) is 5.56 Å². The zero-order valence-corrected chi connectivity index (χ0v) is 14.6. The summed E-state index contributed by atoms with van der Waals surface area (Å²) in [6, 6.07) is 4.41. The molecule has 4 heterocycles. The molecule has 5 heteroatoms. The minimum absolute atomic E-state index is 0.243. The number of likely N-dealkylation sites (tertiary alicyclic amines) is 1. The minimum Gasteiger partial charge on any atom is -0.353 e. The van der Waals surface area contributed by atoms with Crippen LogP contribution in [-0.2, 0) is 16.1 Å². The number of carbonyl (C=O) groups excluding carboxylic acids is 1. The number of piperidine rings is 2. The summed E-state index contributed by atoms with van der Waals surface area (Å²) in [6.45, 7) is 8.04. The van der Waals surface area contributed by atoms with Gasteiger partial charge in [-0.1, -0.05) is 13.8 Å². The Morgan fingerprint density at radius 3 is 2.92 bits per heavy atom. The van der Waals surface area contributed by atoms with Crippen LogP contribution in [0.15, 0.2) is 24.5 Å². The maximum Gasteiger partial charge on any atom is 0.225 e. The second kappa shape index (κ2) is 6.12. The van der Waals surface area contributed by atoms with Crippen LogP contribution in [0.4, 0.5) is 0 Å². The predicted molar refractivity (Wildman–Crippen MR) is 91.0 cm³/mol. The highest BCUT2D eigenvalue weighted by Crippen LogP contribution is 2.47. The van der Waals surface area contributed by atoms with Gasteiger partial charge in [0.2, 0.25) is 5.91 Å². The van der Waals surface area contributed by atoms with Crippen LogP contribution >= 0.6 is 0 Å². The lowest BCUT2D eigenvalue weighted by Gasteiger charge is -2.53. The zero-order valence-electron chi connectivity index (χ0n) is 14.6. The van der Waals surface area contributed by atoms with Gasteiger partial charge in [-0.15, -0.1) is 0 Å². The van der Waals surface area contributed by atoms with Gasteiger partial charge in [-0.2, -0.15) is 0 Å². The lowest BCUT2D eigenvalue weighted by atomic mass is 9.79. The van der Waals surface area contributed by atoms with E-state index in [0.717, 1.165) is 32.5 Å². The van der Waals surface area contributed by atoms with Gasteiger partial charge >= 0.3 is 0 Å². The molecule has 1 amide bonds. The van der Waals surface area contributed by atoms with Gasteiger partial charge in [0.25, 0.3) is 0 Å². The summed E-state index contributed by atoms with van der Waals surface area (Å²) in [5, 5.41) is 0. The van der Waals surface area contributed by atoms with Crippen LogP contribution < -0.4 is 0 Å². The number of hydrogen-bond donors (Lipinski definition) is 0. The summed E-state index contributed by atoms with van der Waals surface area (Å²) in [5.41, 5.74) is 0.969.